The average molecular weight is 186 g/mol. The number of carbonyl (C=O) groups is 1. The fraction of sp³-hybridized carbons (Fsp3) is 0.714. The molecule has 0 atom stereocenters. The van der Waals surface area contributed by atoms with Gasteiger partial charge >= 0.3 is 6.09 Å². The molecular formula is C7H10N2O2S. The zero-order chi connectivity index (χ0) is 8.55. The molecule has 12 heavy (non-hydrogen) atoms. The Morgan fingerprint density at radius 3 is 2.92 bits per heavy atom. The number of hydrogen-bond donors (Lipinski definition) is 1. The maximum atomic E-state index is 11.0. The average Bonchev–Trinajstić information content (AvgIpc) is 2.72. The Morgan fingerprint density at radius 1 is 1.67 bits per heavy atom. The zero-order valence-corrected chi connectivity index (χ0v) is 7.39. The lowest BCUT2D eigenvalue weighted by Gasteiger charge is -2.14. The molecule has 1 aliphatic heterocycles. The quantitative estimate of drug-likeness (QED) is 0.605. The molecule has 0 aromatic carbocycles. The van der Waals surface area contributed by atoms with E-state index in [1.54, 1.807) is 0 Å². The Kier molecular flexibility index (Phi) is 1.88. The fourth-order valence-corrected chi connectivity index (χ4v) is 1.39. The summed E-state index contributed by atoms with van der Waals surface area (Å²) < 4.78 is 4.75. The third-order valence-electron chi connectivity index (χ3n) is 1.91. The van der Waals surface area contributed by atoms with Gasteiger partial charge in [0.15, 0.2) is 5.11 Å². The first-order chi connectivity index (χ1) is 5.77. The highest BCUT2D eigenvalue weighted by molar-refractivity contribution is 7.80. The van der Waals surface area contributed by atoms with E-state index in [4.69, 9.17) is 17.0 Å². The normalized spacial score (nSPS) is 22.3. The van der Waals surface area contributed by atoms with E-state index < -0.39 is 0 Å². The summed E-state index contributed by atoms with van der Waals surface area (Å²) in [5, 5.41) is 3.60. The summed E-state index contributed by atoms with van der Waals surface area (Å²) in [4.78, 5) is 12.5. The monoisotopic (exact) mass is 186 g/mol. The van der Waals surface area contributed by atoms with Crippen molar-refractivity contribution in [1.29, 1.82) is 0 Å². The van der Waals surface area contributed by atoms with Crippen LogP contribution >= 0.6 is 12.2 Å². The Balaban J connectivity index is 1.88. The molecule has 2 rings (SSSR count). The number of nitrogens with one attached hydrogen (secondary N) is 1. The van der Waals surface area contributed by atoms with Crippen molar-refractivity contribution in [3.8, 4) is 0 Å². The van der Waals surface area contributed by atoms with Crippen LogP contribution in [0.5, 0.6) is 0 Å². The van der Waals surface area contributed by atoms with Crippen molar-refractivity contribution < 1.29 is 9.53 Å². The molecule has 1 amide bonds. The van der Waals surface area contributed by atoms with Gasteiger partial charge in [-0.1, -0.05) is 0 Å². The van der Waals surface area contributed by atoms with Crippen LogP contribution in [0.25, 0.3) is 0 Å². The summed E-state index contributed by atoms with van der Waals surface area (Å²) in [6.07, 6.45) is 1.99. The van der Waals surface area contributed by atoms with Crippen LogP contribution in [0.2, 0.25) is 0 Å². The number of hydrogen-bond acceptors (Lipinski definition) is 3. The van der Waals surface area contributed by atoms with E-state index in [0.717, 1.165) is 12.8 Å². The molecule has 1 saturated carbocycles. The standard InChI is InChI=1S/C7H10N2O2S/c10-7-9(3-4-11-7)6(12)8-5-1-2-5/h5H,1-4H2,(H,8,12). The molecule has 2 fully saturated rings. The van der Waals surface area contributed by atoms with E-state index in [-0.39, 0.29) is 6.09 Å². The Labute approximate surface area is 75.9 Å². The van der Waals surface area contributed by atoms with Crippen molar-refractivity contribution in [1.82, 2.24) is 10.2 Å². The molecule has 5 heteroatoms. The van der Waals surface area contributed by atoms with Crippen molar-refractivity contribution >= 4 is 23.4 Å². The Bertz CT molecular complexity index is 227. The molecule has 4 nitrogen and oxygen atoms in total. The van der Waals surface area contributed by atoms with Crippen molar-refractivity contribution in [2.24, 2.45) is 0 Å². The van der Waals surface area contributed by atoms with Crippen molar-refractivity contribution in [2.45, 2.75) is 18.9 Å². The first-order valence-electron chi connectivity index (χ1n) is 4.02. The molecule has 2 aliphatic rings. The molecule has 0 spiro atoms. The van der Waals surface area contributed by atoms with E-state index in [0.29, 0.717) is 24.3 Å². The van der Waals surface area contributed by atoms with Gasteiger partial charge in [0.05, 0.1) is 6.54 Å². The van der Waals surface area contributed by atoms with Crippen LogP contribution in [0.4, 0.5) is 4.79 Å². The van der Waals surface area contributed by atoms with Crippen LogP contribution in [0, 0.1) is 0 Å². The van der Waals surface area contributed by atoms with Crippen LogP contribution in [-0.4, -0.2) is 35.3 Å². The molecule has 1 N–H and O–H groups in total. The third kappa shape index (κ3) is 1.50. The second kappa shape index (κ2) is 2.90. The van der Waals surface area contributed by atoms with Gasteiger partial charge in [0.25, 0.3) is 0 Å². The summed E-state index contributed by atoms with van der Waals surface area (Å²) in [6.45, 7) is 1.03. The first kappa shape index (κ1) is 7.79. The fourth-order valence-electron chi connectivity index (χ4n) is 1.06. The number of amides is 1. The summed E-state index contributed by atoms with van der Waals surface area (Å²) >= 11 is 5.02. The molecule has 1 aliphatic carbocycles. The summed E-state index contributed by atoms with van der Waals surface area (Å²) in [7, 11) is 0. The topological polar surface area (TPSA) is 41.6 Å². The van der Waals surface area contributed by atoms with Crippen LogP contribution in [0.1, 0.15) is 12.8 Å². The molecule has 0 unspecified atom stereocenters. The van der Waals surface area contributed by atoms with Gasteiger partial charge in [0.2, 0.25) is 0 Å². The molecule has 66 valence electrons. The molecule has 1 heterocycles. The first-order valence-corrected chi connectivity index (χ1v) is 4.43. The molecule has 0 aromatic heterocycles. The minimum absolute atomic E-state index is 0.326. The third-order valence-corrected chi connectivity index (χ3v) is 2.25. The largest absolute Gasteiger partial charge is 0.447 e. The molecular weight excluding hydrogens is 176 g/mol. The maximum absolute atomic E-state index is 11.0. The van der Waals surface area contributed by atoms with Gasteiger partial charge < -0.3 is 10.1 Å². The lowest BCUT2D eigenvalue weighted by molar-refractivity contribution is 0.168. The Hall–Kier alpha value is -0.840. The SMILES string of the molecule is O=C1OCCN1C(=S)NC1CC1. The van der Waals surface area contributed by atoms with Crippen molar-refractivity contribution in [3.63, 3.8) is 0 Å². The lowest BCUT2D eigenvalue weighted by atomic mass is 10.6. The van der Waals surface area contributed by atoms with Crippen LogP contribution in [0.15, 0.2) is 0 Å². The summed E-state index contributed by atoms with van der Waals surface area (Å²) in [6, 6.07) is 0.492. The Morgan fingerprint density at radius 2 is 2.42 bits per heavy atom. The minimum Gasteiger partial charge on any atom is -0.447 e. The van der Waals surface area contributed by atoms with Gasteiger partial charge in [-0.2, -0.15) is 0 Å². The predicted molar refractivity (Wildman–Crippen MR) is 46.8 cm³/mol. The van der Waals surface area contributed by atoms with Crippen LogP contribution in [0.3, 0.4) is 0 Å². The summed E-state index contributed by atoms with van der Waals surface area (Å²) in [5.41, 5.74) is 0. The predicted octanol–water partition coefficient (Wildman–Crippen LogP) is 0.476. The van der Waals surface area contributed by atoms with Gasteiger partial charge in [0, 0.05) is 6.04 Å². The molecule has 1 saturated heterocycles. The minimum atomic E-state index is -0.326. The van der Waals surface area contributed by atoms with E-state index in [1.165, 1.54) is 4.90 Å². The second-order valence-corrected chi connectivity index (χ2v) is 3.38. The van der Waals surface area contributed by atoms with E-state index in [1.807, 2.05) is 0 Å². The highest BCUT2D eigenvalue weighted by atomic mass is 32.1. The van der Waals surface area contributed by atoms with E-state index in [9.17, 15) is 4.79 Å². The number of cyclic esters (lactones) is 1. The highest BCUT2D eigenvalue weighted by Crippen LogP contribution is 2.19. The highest BCUT2D eigenvalue weighted by Gasteiger charge is 2.29. The summed E-state index contributed by atoms with van der Waals surface area (Å²) in [5.74, 6) is 0. The van der Waals surface area contributed by atoms with Gasteiger partial charge in [-0.25, -0.2) is 4.79 Å². The number of carbonyl (C=O) groups excluding carboxylic acids is 1. The van der Waals surface area contributed by atoms with Gasteiger partial charge in [0.1, 0.15) is 6.61 Å². The van der Waals surface area contributed by atoms with Crippen LogP contribution in [-0.2, 0) is 4.74 Å². The molecule has 0 aromatic rings. The number of nitrogens with zero attached hydrogens (tertiary/aromatic N) is 1. The zero-order valence-electron chi connectivity index (χ0n) is 6.58. The van der Waals surface area contributed by atoms with Gasteiger partial charge in [-0.05, 0) is 25.1 Å². The van der Waals surface area contributed by atoms with Gasteiger partial charge in [-0.15, -0.1) is 0 Å². The molecule has 0 radical (unpaired) electrons. The van der Waals surface area contributed by atoms with Crippen molar-refractivity contribution in [3.05, 3.63) is 0 Å². The van der Waals surface area contributed by atoms with Crippen molar-refractivity contribution in [2.75, 3.05) is 13.2 Å². The van der Waals surface area contributed by atoms with Crippen LogP contribution < -0.4 is 5.32 Å². The van der Waals surface area contributed by atoms with E-state index >= 15 is 0 Å². The number of ether oxygens (including phenoxy) is 1. The lowest BCUT2D eigenvalue weighted by Crippen LogP contribution is -2.41. The second-order valence-electron chi connectivity index (χ2n) is 2.99. The van der Waals surface area contributed by atoms with Gasteiger partial charge in [-0.3, -0.25) is 4.90 Å². The molecule has 0 bridgehead atoms. The maximum Gasteiger partial charge on any atom is 0.416 e. The number of rotatable bonds is 1. The number of thiocarbonyl (C=S) groups is 1. The smallest absolute Gasteiger partial charge is 0.416 e. The van der Waals surface area contributed by atoms with E-state index in [2.05, 4.69) is 5.32 Å².